The number of rotatable bonds is 4. The Morgan fingerprint density at radius 1 is 1.11 bits per heavy atom. The number of ketones is 1. The smallest absolute Gasteiger partial charge is 0.157 e. The van der Waals surface area contributed by atoms with Gasteiger partial charge in [-0.05, 0) is 19.3 Å². The highest BCUT2D eigenvalue weighted by Gasteiger charge is 2.35. The molecule has 19 heavy (non-hydrogen) atoms. The fourth-order valence-corrected chi connectivity index (χ4v) is 3.27. The molecule has 2 atom stereocenters. The van der Waals surface area contributed by atoms with E-state index in [9.17, 15) is 4.79 Å². The number of carbonyl (C=O) groups is 1. The highest BCUT2D eigenvalue weighted by atomic mass is 16.7. The van der Waals surface area contributed by atoms with Gasteiger partial charge in [-0.3, -0.25) is 4.79 Å². The molecule has 3 aliphatic heterocycles. The molecule has 0 aliphatic carbocycles. The number of hydrogen-bond donors (Lipinski definition) is 1. The van der Waals surface area contributed by atoms with E-state index < -0.39 is 0 Å². The number of piperidine rings is 1. The van der Waals surface area contributed by atoms with Crippen molar-refractivity contribution in [1.29, 1.82) is 0 Å². The molecule has 0 aromatic rings. The fraction of sp³-hybridized carbons (Fsp3) is 0.929. The molecule has 0 spiro atoms. The summed E-state index contributed by atoms with van der Waals surface area (Å²) in [5.74, 6) is 0.569. The second-order valence-electron chi connectivity index (χ2n) is 5.80. The maximum Gasteiger partial charge on any atom is 0.157 e. The van der Waals surface area contributed by atoms with Crippen molar-refractivity contribution in [3.63, 3.8) is 0 Å². The average molecular weight is 269 g/mol. The Labute approximate surface area is 114 Å². The van der Waals surface area contributed by atoms with Crippen LogP contribution in [0.3, 0.4) is 0 Å². The molecule has 2 unspecified atom stereocenters. The van der Waals surface area contributed by atoms with Gasteiger partial charge < -0.3 is 19.5 Å². The van der Waals surface area contributed by atoms with Gasteiger partial charge in [0.15, 0.2) is 6.29 Å². The standard InChI is InChI=1S/C14H23NO4/c16-13(2-3-14-18-4-1-5-19-14)10-6-11-8-17-9-12(7-10)15-11/h10-12,14-15H,1-9H2. The number of morpholine rings is 1. The van der Waals surface area contributed by atoms with Crippen molar-refractivity contribution in [3.8, 4) is 0 Å². The molecule has 3 saturated heterocycles. The maximum atomic E-state index is 12.3. The van der Waals surface area contributed by atoms with Crippen molar-refractivity contribution >= 4 is 5.78 Å². The summed E-state index contributed by atoms with van der Waals surface area (Å²) < 4.78 is 16.5. The minimum atomic E-state index is -0.165. The van der Waals surface area contributed by atoms with Crippen molar-refractivity contribution in [3.05, 3.63) is 0 Å². The summed E-state index contributed by atoms with van der Waals surface area (Å²) in [6.07, 6.45) is 3.91. The number of nitrogens with one attached hydrogen (secondary N) is 1. The largest absolute Gasteiger partial charge is 0.378 e. The Bertz CT molecular complexity index is 305. The molecular formula is C14H23NO4. The third-order valence-corrected chi connectivity index (χ3v) is 4.23. The van der Waals surface area contributed by atoms with Crippen molar-refractivity contribution in [2.75, 3.05) is 26.4 Å². The summed E-state index contributed by atoms with van der Waals surface area (Å²) in [6.45, 7) is 3.01. The van der Waals surface area contributed by atoms with Gasteiger partial charge >= 0.3 is 0 Å². The normalized spacial score (nSPS) is 36.1. The summed E-state index contributed by atoms with van der Waals surface area (Å²) in [5.41, 5.74) is 0. The van der Waals surface area contributed by atoms with Crippen LogP contribution in [0.5, 0.6) is 0 Å². The minimum absolute atomic E-state index is 0.165. The minimum Gasteiger partial charge on any atom is -0.378 e. The van der Waals surface area contributed by atoms with Gasteiger partial charge in [0.1, 0.15) is 5.78 Å². The molecule has 3 rings (SSSR count). The number of Topliss-reactive ketones (excluding diaryl/α,β-unsaturated/α-hetero) is 1. The zero-order valence-corrected chi connectivity index (χ0v) is 11.3. The van der Waals surface area contributed by atoms with Crippen molar-refractivity contribution in [1.82, 2.24) is 5.32 Å². The van der Waals surface area contributed by atoms with Crippen molar-refractivity contribution < 1.29 is 19.0 Å². The molecule has 3 fully saturated rings. The lowest BCUT2D eigenvalue weighted by molar-refractivity contribution is -0.182. The highest BCUT2D eigenvalue weighted by molar-refractivity contribution is 5.81. The van der Waals surface area contributed by atoms with Gasteiger partial charge in [-0.1, -0.05) is 0 Å². The van der Waals surface area contributed by atoms with Crippen LogP contribution in [0.2, 0.25) is 0 Å². The SMILES string of the molecule is O=C(CCC1OCCCO1)C1CC2COCC(C1)N2. The molecule has 0 aromatic carbocycles. The van der Waals surface area contributed by atoms with Crippen molar-refractivity contribution in [2.24, 2.45) is 5.92 Å². The molecule has 3 heterocycles. The Morgan fingerprint density at radius 3 is 2.47 bits per heavy atom. The number of fused-ring (bicyclic) bond motifs is 2. The van der Waals surface area contributed by atoms with E-state index >= 15 is 0 Å². The van der Waals surface area contributed by atoms with Crippen LogP contribution in [0.4, 0.5) is 0 Å². The van der Waals surface area contributed by atoms with Gasteiger partial charge in [0, 0.05) is 30.8 Å². The van der Waals surface area contributed by atoms with Crippen LogP contribution in [-0.2, 0) is 19.0 Å². The zero-order chi connectivity index (χ0) is 13.1. The van der Waals surface area contributed by atoms with Gasteiger partial charge in [-0.15, -0.1) is 0 Å². The third kappa shape index (κ3) is 3.54. The van der Waals surface area contributed by atoms with E-state index in [-0.39, 0.29) is 12.2 Å². The van der Waals surface area contributed by atoms with Gasteiger partial charge in [0.25, 0.3) is 0 Å². The lowest BCUT2D eigenvalue weighted by Crippen LogP contribution is -2.55. The molecule has 0 amide bonds. The predicted octanol–water partition coefficient (Wildman–Crippen LogP) is 0.866. The van der Waals surface area contributed by atoms with E-state index in [2.05, 4.69) is 5.32 Å². The first-order chi connectivity index (χ1) is 9.31. The second-order valence-corrected chi connectivity index (χ2v) is 5.80. The molecule has 3 aliphatic rings. The van der Waals surface area contributed by atoms with E-state index in [4.69, 9.17) is 14.2 Å². The van der Waals surface area contributed by atoms with Gasteiger partial charge in [0.2, 0.25) is 0 Å². The van der Waals surface area contributed by atoms with E-state index in [1.165, 1.54) is 0 Å². The Hall–Kier alpha value is -0.490. The molecule has 5 heteroatoms. The van der Waals surface area contributed by atoms with E-state index in [1.807, 2.05) is 0 Å². The van der Waals surface area contributed by atoms with Gasteiger partial charge in [-0.2, -0.15) is 0 Å². The third-order valence-electron chi connectivity index (χ3n) is 4.23. The van der Waals surface area contributed by atoms with Crippen LogP contribution in [0.1, 0.15) is 32.1 Å². The molecule has 0 radical (unpaired) electrons. The van der Waals surface area contributed by atoms with Crippen LogP contribution < -0.4 is 5.32 Å². The summed E-state index contributed by atoms with van der Waals surface area (Å²) in [4.78, 5) is 12.3. The van der Waals surface area contributed by atoms with Gasteiger partial charge in [0.05, 0.1) is 26.4 Å². The molecule has 108 valence electrons. The molecule has 2 bridgehead atoms. The first-order valence-corrected chi connectivity index (χ1v) is 7.41. The topological polar surface area (TPSA) is 56.8 Å². The lowest BCUT2D eigenvalue weighted by Gasteiger charge is -2.39. The number of hydrogen-bond acceptors (Lipinski definition) is 5. The molecule has 5 nitrogen and oxygen atoms in total. The summed E-state index contributed by atoms with van der Waals surface area (Å²) >= 11 is 0. The predicted molar refractivity (Wildman–Crippen MR) is 68.8 cm³/mol. The molecule has 0 saturated carbocycles. The lowest BCUT2D eigenvalue weighted by atomic mass is 9.83. The summed E-state index contributed by atoms with van der Waals surface area (Å²) in [6, 6.07) is 0.729. The first kappa shape index (κ1) is 13.5. The Balaban J connectivity index is 1.44. The van der Waals surface area contributed by atoms with Crippen LogP contribution in [0.25, 0.3) is 0 Å². The Kier molecular flexibility index (Phi) is 4.48. The monoisotopic (exact) mass is 269 g/mol. The van der Waals surface area contributed by atoms with Gasteiger partial charge in [-0.25, -0.2) is 0 Å². The zero-order valence-electron chi connectivity index (χ0n) is 11.3. The number of ether oxygens (including phenoxy) is 3. The van der Waals surface area contributed by atoms with Crippen LogP contribution in [0, 0.1) is 5.92 Å². The van der Waals surface area contributed by atoms with Crippen LogP contribution in [0.15, 0.2) is 0 Å². The quantitative estimate of drug-likeness (QED) is 0.820. The first-order valence-electron chi connectivity index (χ1n) is 7.41. The molecule has 0 aromatic heterocycles. The second kappa shape index (κ2) is 6.31. The van der Waals surface area contributed by atoms with Crippen LogP contribution in [-0.4, -0.2) is 50.6 Å². The highest BCUT2D eigenvalue weighted by Crippen LogP contribution is 2.26. The Morgan fingerprint density at radius 2 is 1.79 bits per heavy atom. The molecule has 1 N–H and O–H groups in total. The average Bonchev–Trinajstić information content (AvgIpc) is 2.45. The van der Waals surface area contributed by atoms with E-state index in [0.717, 1.165) is 45.7 Å². The van der Waals surface area contributed by atoms with E-state index in [1.54, 1.807) is 0 Å². The summed E-state index contributed by atoms with van der Waals surface area (Å²) in [7, 11) is 0. The fourth-order valence-electron chi connectivity index (χ4n) is 3.27. The maximum absolute atomic E-state index is 12.3. The summed E-state index contributed by atoms with van der Waals surface area (Å²) in [5, 5.41) is 3.52. The van der Waals surface area contributed by atoms with E-state index in [0.29, 0.717) is 30.7 Å². The number of carbonyl (C=O) groups excluding carboxylic acids is 1. The molecular weight excluding hydrogens is 246 g/mol. The van der Waals surface area contributed by atoms with Crippen LogP contribution >= 0.6 is 0 Å². The van der Waals surface area contributed by atoms with Crippen molar-refractivity contribution in [2.45, 2.75) is 50.5 Å².